The van der Waals surface area contributed by atoms with Crippen LogP contribution in [0, 0.1) is 19.7 Å². The standard InChI is InChI=1S/C17H15FN4O2S2/c1-9-10(2)25-17-15(9)16(19-8-20-17)22-21-13-5-6-26(23,24)14-4-3-11(18)7-12(13)14/h3-4,7-8H,5-6H2,1-2H3,(H,19,20,22)/b21-13+. The Bertz CT molecular complexity index is 1170. The van der Waals surface area contributed by atoms with Crippen molar-refractivity contribution in [2.75, 3.05) is 11.2 Å². The Hall–Kier alpha value is -2.39. The summed E-state index contributed by atoms with van der Waals surface area (Å²) in [6.45, 7) is 4.01. The van der Waals surface area contributed by atoms with Gasteiger partial charge in [0.05, 0.1) is 21.7 Å². The van der Waals surface area contributed by atoms with Crippen LogP contribution in [0.15, 0.2) is 34.5 Å². The van der Waals surface area contributed by atoms with Crippen molar-refractivity contribution in [1.82, 2.24) is 9.97 Å². The largest absolute Gasteiger partial charge is 0.260 e. The lowest BCUT2D eigenvalue weighted by Crippen LogP contribution is -2.23. The topological polar surface area (TPSA) is 84.3 Å². The number of rotatable bonds is 2. The van der Waals surface area contributed by atoms with Crippen molar-refractivity contribution in [2.24, 2.45) is 5.10 Å². The van der Waals surface area contributed by atoms with Crippen LogP contribution in [0.4, 0.5) is 10.2 Å². The van der Waals surface area contributed by atoms with Crippen LogP contribution in [0.25, 0.3) is 10.2 Å². The van der Waals surface area contributed by atoms with Gasteiger partial charge in [-0.1, -0.05) is 0 Å². The van der Waals surface area contributed by atoms with Crippen LogP contribution in [0.1, 0.15) is 22.4 Å². The van der Waals surface area contributed by atoms with Gasteiger partial charge in [-0.15, -0.1) is 11.3 Å². The van der Waals surface area contributed by atoms with E-state index in [1.54, 1.807) is 11.3 Å². The molecule has 0 unspecified atom stereocenters. The molecular weight excluding hydrogens is 375 g/mol. The molecule has 6 nitrogen and oxygen atoms in total. The molecule has 1 aromatic carbocycles. The molecule has 0 spiro atoms. The van der Waals surface area contributed by atoms with Crippen LogP contribution in [0.2, 0.25) is 0 Å². The SMILES string of the molecule is Cc1sc2ncnc(N/N=C3\CCS(=O)(=O)c4ccc(F)cc43)c2c1C. The van der Waals surface area contributed by atoms with E-state index in [1.807, 2.05) is 13.8 Å². The molecule has 1 aliphatic rings. The number of halogens is 1. The van der Waals surface area contributed by atoms with Gasteiger partial charge in [0.1, 0.15) is 17.0 Å². The number of benzene rings is 1. The maximum atomic E-state index is 13.7. The molecule has 1 aliphatic heterocycles. The zero-order chi connectivity index (χ0) is 18.5. The molecule has 4 rings (SSSR count). The van der Waals surface area contributed by atoms with Crippen LogP contribution in [0.5, 0.6) is 0 Å². The van der Waals surface area contributed by atoms with Gasteiger partial charge in [0.25, 0.3) is 0 Å². The van der Waals surface area contributed by atoms with Gasteiger partial charge in [0.15, 0.2) is 15.7 Å². The summed E-state index contributed by atoms with van der Waals surface area (Å²) in [6.07, 6.45) is 1.67. The van der Waals surface area contributed by atoms with Crippen molar-refractivity contribution >= 4 is 42.9 Å². The zero-order valence-electron chi connectivity index (χ0n) is 14.1. The summed E-state index contributed by atoms with van der Waals surface area (Å²) in [7, 11) is -3.41. The van der Waals surface area contributed by atoms with E-state index in [1.165, 1.54) is 18.5 Å². The van der Waals surface area contributed by atoms with Gasteiger partial charge >= 0.3 is 0 Å². The molecule has 9 heteroatoms. The van der Waals surface area contributed by atoms with Gasteiger partial charge in [-0.25, -0.2) is 22.8 Å². The lowest BCUT2D eigenvalue weighted by molar-refractivity contribution is 0.593. The first-order valence-electron chi connectivity index (χ1n) is 7.93. The summed E-state index contributed by atoms with van der Waals surface area (Å²) in [6, 6.07) is 3.66. The molecule has 0 aliphatic carbocycles. The molecule has 3 aromatic rings. The van der Waals surface area contributed by atoms with Crippen LogP contribution in [0.3, 0.4) is 0 Å². The number of nitrogens with zero attached hydrogens (tertiary/aromatic N) is 3. The second-order valence-corrected chi connectivity index (χ2v) is 9.35. The highest BCUT2D eigenvalue weighted by Crippen LogP contribution is 2.33. The quantitative estimate of drug-likeness (QED) is 0.535. The van der Waals surface area contributed by atoms with Gasteiger partial charge in [0.2, 0.25) is 0 Å². The predicted molar refractivity (Wildman–Crippen MR) is 100 cm³/mol. The van der Waals surface area contributed by atoms with E-state index in [0.717, 1.165) is 26.7 Å². The van der Waals surface area contributed by atoms with Gasteiger partial charge in [-0.3, -0.25) is 5.43 Å². The third-order valence-corrected chi connectivity index (χ3v) is 7.34. The Kier molecular flexibility index (Phi) is 4.00. The van der Waals surface area contributed by atoms with E-state index in [9.17, 15) is 12.8 Å². The fourth-order valence-electron chi connectivity index (χ4n) is 2.98. The van der Waals surface area contributed by atoms with E-state index >= 15 is 0 Å². The Labute approximate surface area is 153 Å². The lowest BCUT2D eigenvalue weighted by atomic mass is 10.1. The number of anilines is 1. The minimum Gasteiger partial charge on any atom is -0.260 e. The molecule has 26 heavy (non-hydrogen) atoms. The van der Waals surface area contributed by atoms with Gasteiger partial charge in [-0.05, 0) is 37.6 Å². The number of hydrogen-bond acceptors (Lipinski definition) is 7. The normalized spacial score (nSPS) is 17.4. The molecular formula is C17H15FN4O2S2. The average Bonchev–Trinajstić information content (AvgIpc) is 2.89. The van der Waals surface area contributed by atoms with Crippen molar-refractivity contribution in [1.29, 1.82) is 0 Å². The number of sulfone groups is 1. The molecule has 2 aromatic heterocycles. The maximum Gasteiger partial charge on any atom is 0.179 e. The molecule has 0 fully saturated rings. The van der Waals surface area contributed by atoms with E-state index in [-0.39, 0.29) is 17.1 Å². The monoisotopic (exact) mass is 390 g/mol. The summed E-state index contributed by atoms with van der Waals surface area (Å²) in [5, 5.41) is 5.24. The number of hydrogen-bond donors (Lipinski definition) is 1. The number of fused-ring (bicyclic) bond motifs is 2. The first-order chi connectivity index (χ1) is 12.4. The van der Waals surface area contributed by atoms with Crippen molar-refractivity contribution in [3.8, 4) is 0 Å². The van der Waals surface area contributed by atoms with Crippen LogP contribution < -0.4 is 5.43 Å². The minimum absolute atomic E-state index is 0.0537. The summed E-state index contributed by atoms with van der Waals surface area (Å²) >= 11 is 1.58. The predicted octanol–water partition coefficient (Wildman–Crippen LogP) is 3.44. The average molecular weight is 390 g/mol. The van der Waals surface area contributed by atoms with Crippen LogP contribution >= 0.6 is 11.3 Å². The second-order valence-electron chi connectivity index (χ2n) is 6.07. The maximum absolute atomic E-state index is 13.7. The van der Waals surface area contributed by atoms with E-state index in [0.29, 0.717) is 17.1 Å². The third kappa shape index (κ3) is 2.77. The highest BCUT2D eigenvalue weighted by atomic mass is 32.2. The molecule has 134 valence electrons. The Morgan fingerprint density at radius 2 is 2.08 bits per heavy atom. The van der Waals surface area contributed by atoms with Crippen molar-refractivity contribution in [3.05, 3.63) is 46.3 Å². The van der Waals surface area contributed by atoms with Crippen molar-refractivity contribution in [2.45, 2.75) is 25.2 Å². The Morgan fingerprint density at radius 1 is 1.27 bits per heavy atom. The fraction of sp³-hybridized carbons (Fsp3) is 0.235. The summed E-state index contributed by atoms with van der Waals surface area (Å²) in [4.78, 5) is 10.6. The summed E-state index contributed by atoms with van der Waals surface area (Å²) in [5.41, 5.74) is 4.79. The van der Waals surface area contributed by atoms with Crippen LogP contribution in [-0.4, -0.2) is 29.9 Å². The van der Waals surface area contributed by atoms with E-state index in [2.05, 4.69) is 20.5 Å². The van der Waals surface area contributed by atoms with Gasteiger partial charge in [-0.2, -0.15) is 5.10 Å². The molecule has 3 heterocycles. The minimum atomic E-state index is -3.41. The smallest absolute Gasteiger partial charge is 0.179 e. The van der Waals surface area contributed by atoms with Crippen molar-refractivity contribution in [3.63, 3.8) is 0 Å². The lowest BCUT2D eigenvalue weighted by Gasteiger charge is -2.18. The number of thiophene rings is 1. The van der Waals surface area contributed by atoms with E-state index in [4.69, 9.17) is 0 Å². The Morgan fingerprint density at radius 3 is 2.88 bits per heavy atom. The van der Waals surface area contributed by atoms with Gasteiger partial charge < -0.3 is 0 Å². The highest BCUT2D eigenvalue weighted by Gasteiger charge is 2.28. The zero-order valence-corrected chi connectivity index (χ0v) is 15.7. The molecule has 0 saturated heterocycles. The molecule has 0 radical (unpaired) electrons. The molecule has 0 saturated carbocycles. The van der Waals surface area contributed by atoms with E-state index < -0.39 is 15.7 Å². The summed E-state index contributed by atoms with van der Waals surface area (Å²) < 4.78 is 38.1. The molecule has 0 bridgehead atoms. The number of aryl methyl sites for hydroxylation is 2. The molecule has 0 atom stereocenters. The number of aromatic nitrogens is 2. The van der Waals surface area contributed by atoms with Crippen LogP contribution in [-0.2, 0) is 9.84 Å². The second kappa shape index (κ2) is 6.10. The first-order valence-corrected chi connectivity index (χ1v) is 10.4. The summed E-state index contributed by atoms with van der Waals surface area (Å²) in [5.74, 6) is 0.0000631. The number of hydrazone groups is 1. The molecule has 0 amide bonds. The fourth-order valence-corrected chi connectivity index (χ4v) is 5.44. The number of nitrogens with one attached hydrogen (secondary N) is 1. The Balaban J connectivity index is 1.78. The first kappa shape index (κ1) is 17.0. The van der Waals surface area contributed by atoms with Crippen molar-refractivity contribution < 1.29 is 12.8 Å². The third-order valence-electron chi connectivity index (χ3n) is 4.46. The highest BCUT2D eigenvalue weighted by molar-refractivity contribution is 7.91. The molecule has 1 N–H and O–H groups in total. The van der Waals surface area contributed by atoms with Gasteiger partial charge in [0, 0.05) is 16.9 Å².